The molecule has 0 saturated carbocycles. The number of esters is 1. The molecule has 1 aromatic carbocycles. The lowest BCUT2D eigenvalue weighted by Crippen LogP contribution is -2.66. The Morgan fingerprint density at radius 3 is 2.69 bits per heavy atom. The van der Waals surface area contributed by atoms with Crippen LogP contribution in [0.2, 0.25) is 5.02 Å². The molecule has 11 nitrogen and oxygen atoms in total. The molecule has 0 unspecified atom stereocenters. The molecule has 2 aliphatic rings. The highest BCUT2D eigenvalue weighted by Crippen LogP contribution is 2.31. The molecule has 3 rings (SSSR count). The maximum atomic E-state index is 13.1. The topological polar surface area (TPSA) is 173 Å². The largest absolute Gasteiger partial charge is 0.461 e. The van der Waals surface area contributed by atoms with Crippen molar-refractivity contribution in [2.24, 2.45) is 5.92 Å². The van der Waals surface area contributed by atoms with Gasteiger partial charge in [0.2, 0.25) is 5.91 Å². The fourth-order valence-corrected chi connectivity index (χ4v) is 6.14. The van der Waals surface area contributed by atoms with E-state index in [0.717, 1.165) is 31.1 Å². The molecule has 2 heterocycles. The Balaban J connectivity index is 1.60. The second-order valence-electron chi connectivity index (χ2n) is 10.0. The Morgan fingerprint density at radius 2 is 2.03 bits per heavy atom. The van der Waals surface area contributed by atoms with Crippen LogP contribution in [0.1, 0.15) is 43.5 Å². The maximum Gasteiger partial charge on any atom is 0.339 e. The van der Waals surface area contributed by atoms with Gasteiger partial charge in [0.15, 0.2) is 0 Å². The van der Waals surface area contributed by atoms with Gasteiger partial charge in [-0.1, -0.05) is 24.9 Å². The molecule has 0 aliphatic carbocycles. The molecule has 2 saturated heterocycles. The second kappa shape index (κ2) is 14.8. The number of ether oxygens (including phenoxy) is 3. The van der Waals surface area contributed by atoms with Crippen LogP contribution in [0.4, 0.5) is 5.69 Å². The number of aliphatic hydroxyl groups excluding tert-OH is 3. The number of thioether (sulfide) groups is 1. The van der Waals surface area contributed by atoms with Gasteiger partial charge in [-0.2, -0.15) is 0 Å². The number of amides is 1. The van der Waals surface area contributed by atoms with E-state index in [1.807, 2.05) is 0 Å². The third kappa shape index (κ3) is 8.20. The summed E-state index contributed by atoms with van der Waals surface area (Å²) in [4.78, 5) is 25.4. The van der Waals surface area contributed by atoms with Crippen LogP contribution >= 0.6 is 23.4 Å². The molecule has 0 bridgehead atoms. The number of hydrogen-bond acceptors (Lipinski definition) is 11. The van der Waals surface area contributed by atoms with Gasteiger partial charge in [-0.05, 0) is 50.4 Å². The molecule has 39 heavy (non-hydrogen) atoms. The first kappa shape index (κ1) is 31.9. The molecule has 2 aliphatic heterocycles. The number of anilines is 1. The van der Waals surface area contributed by atoms with Crippen molar-refractivity contribution in [3.8, 4) is 0 Å². The summed E-state index contributed by atoms with van der Waals surface area (Å²) in [7, 11) is 1.48. The molecule has 0 spiro atoms. The highest BCUT2D eigenvalue weighted by molar-refractivity contribution is 7.99. The lowest BCUT2D eigenvalue weighted by molar-refractivity contribution is -0.212. The maximum absolute atomic E-state index is 13.1. The third-order valence-electron chi connectivity index (χ3n) is 7.19. The number of methoxy groups -OCH3 is 1. The van der Waals surface area contributed by atoms with Crippen molar-refractivity contribution in [1.29, 1.82) is 0 Å². The van der Waals surface area contributed by atoms with E-state index in [0.29, 0.717) is 18.0 Å². The zero-order valence-corrected chi connectivity index (χ0v) is 24.0. The Labute approximate surface area is 238 Å². The van der Waals surface area contributed by atoms with Crippen LogP contribution in [0.15, 0.2) is 18.2 Å². The van der Waals surface area contributed by atoms with E-state index >= 15 is 0 Å². The van der Waals surface area contributed by atoms with Crippen molar-refractivity contribution in [2.45, 2.75) is 81.1 Å². The molecule has 1 amide bonds. The number of nitrogen functional groups attached to an aromatic ring is 1. The average molecular weight is 590 g/mol. The Morgan fingerprint density at radius 1 is 1.28 bits per heavy atom. The molecule has 13 heteroatoms. The molecule has 7 N–H and O–H groups in total. The molecule has 9 atom stereocenters. The SMILES string of the molecule is CCC[C@H]1CN[C@H](C(=O)N[C@@H]([C@H]2O[C@H](SCCOC(=O)c3ccc(N)cc3Cl)[C@H](O)[C@@H](O)[C@H]2O)[C@@H](C)OC)C1. The van der Waals surface area contributed by atoms with Crippen LogP contribution in [-0.2, 0) is 19.0 Å². The molecule has 220 valence electrons. The van der Waals surface area contributed by atoms with Crippen LogP contribution in [0.3, 0.4) is 0 Å². The van der Waals surface area contributed by atoms with Gasteiger partial charge >= 0.3 is 5.97 Å². The summed E-state index contributed by atoms with van der Waals surface area (Å²) in [6, 6.07) is 3.28. The molecular formula is C26H40ClN3O8S. The number of rotatable bonds is 12. The summed E-state index contributed by atoms with van der Waals surface area (Å²) in [5.41, 5.74) is 5.28. The minimum atomic E-state index is -1.53. The first-order valence-electron chi connectivity index (χ1n) is 13.2. The zero-order valence-electron chi connectivity index (χ0n) is 22.4. The Kier molecular flexibility index (Phi) is 12.1. The zero-order chi connectivity index (χ0) is 28.7. The van der Waals surface area contributed by atoms with Gasteiger partial charge in [0.05, 0.1) is 28.8 Å². The predicted octanol–water partition coefficient (Wildman–Crippen LogP) is 0.918. The highest BCUT2D eigenvalue weighted by atomic mass is 35.5. The van der Waals surface area contributed by atoms with Crippen molar-refractivity contribution in [1.82, 2.24) is 10.6 Å². The van der Waals surface area contributed by atoms with E-state index in [1.54, 1.807) is 13.0 Å². The van der Waals surface area contributed by atoms with Crippen molar-refractivity contribution in [3.05, 3.63) is 28.8 Å². The summed E-state index contributed by atoms with van der Waals surface area (Å²) in [6.45, 7) is 4.57. The number of nitrogens with two attached hydrogens (primary N) is 1. The fraction of sp³-hybridized carbons (Fsp3) is 0.692. The average Bonchev–Trinajstić information content (AvgIpc) is 3.38. The summed E-state index contributed by atoms with van der Waals surface area (Å²) in [5.74, 6) is -0.227. The number of hydrogen-bond donors (Lipinski definition) is 6. The van der Waals surface area contributed by atoms with E-state index in [1.165, 1.54) is 19.2 Å². The lowest BCUT2D eigenvalue weighted by Gasteiger charge is -2.44. The lowest BCUT2D eigenvalue weighted by atomic mass is 9.91. The Bertz CT molecular complexity index is 975. The van der Waals surface area contributed by atoms with Crippen molar-refractivity contribution in [2.75, 3.05) is 31.7 Å². The highest BCUT2D eigenvalue weighted by Gasteiger charge is 2.49. The molecular weight excluding hydrogens is 550 g/mol. The standard InChI is InChI=1S/C26H40ClN3O8S/c1-4-5-14-10-18(29-12-14)24(34)30-19(13(2)36-3)23-21(32)20(31)22(33)26(38-23)39-9-8-37-25(35)16-7-6-15(28)11-17(16)27/h6-7,11,13-14,18-23,26,29,31-33H,4-5,8-10,12,28H2,1-3H3,(H,30,34)/t13-,14-,18+,19-,20+,21-,22-,23-,26-/m1/s1. The number of nitrogens with one attached hydrogen (secondary N) is 2. The molecule has 2 fully saturated rings. The normalized spacial score (nSPS) is 30.5. The number of carbonyl (C=O) groups excluding carboxylic acids is 2. The number of carbonyl (C=O) groups is 2. The summed E-state index contributed by atoms with van der Waals surface area (Å²) >= 11 is 7.16. The fourth-order valence-electron chi connectivity index (χ4n) is 4.90. The number of halogens is 1. The van der Waals surface area contributed by atoms with E-state index in [2.05, 4.69) is 17.6 Å². The summed E-state index contributed by atoms with van der Waals surface area (Å²) in [5, 5.41) is 38.3. The van der Waals surface area contributed by atoms with Crippen LogP contribution in [0, 0.1) is 5.92 Å². The van der Waals surface area contributed by atoms with Gasteiger partial charge < -0.3 is 45.9 Å². The van der Waals surface area contributed by atoms with Gasteiger partial charge in [-0.15, -0.1) is 11.8 Å². The first-order chi connectivity index (χ1) is 18.6. The van der Waals surface area contributed by atoms with Gasteiger partial charge in [0.1, 0.15) is 36.5 Å². The van der Waals surface area contributed by atoms with Crippen molar-refractivity contribution in [3.63, 3.8) is 0 Å². The first-order valence-corrected chi connectivity index (χ1v) is 14.6. The van der Waals surface area contributed by atoms with Gasteiger partial charge in [-0.3, -0.25) is 4.79 Å². The minimum Gasteiger partial charge on any atom is -0.461 e. The minimum absolute atomic E-state index is 0.0268. The van der Waals surface area contributed by atoms with Crippen LogP contribution in [0.5, 0.6) is 0 Å². The number of benzene rings is 1. The second-order valence-corrected chi connectivity index (χ2v) is 11.6. The molecule has 1 aromatic rings. The molecule has 0 aromatic heterocycles. The third-order valence-corrected chi connectivity index (χ3v) is 8.63. The monoisotopic (exact) mass is 589 g/mol. The van der Waals surface area contributed by atoms with Crippen LogP contribution < -0.4 is 16.4 Å². The van der Waals surface area contributed by atoms with E-state index < -0.39 is 48.0 Å². The molecule has 0 radical (unpaired) electrons. The quantitative estimate of drug-likeness (QED) is 0.116. The smallest absolute Gasteiger partial charge is 0.339 e. The van der Waals surface area contributed by atoms with Crippen molar-refractivity contribution < 1.29 is 39.1 Å². The van der Waals surface area contributed by atoms with E-state index in [9.17, 15) is 24.9 Å². The van der Waals surface area contributed by atoms with Crippen molar-refractivity contribution >= 4 is 40.9 Å². The van der Waals surface area contributed by atoms with Gasteiger partial charge in [-0.25, -0.2) is 4.79 Å². The summed E-state index contributed by atoms with van der Waals surface area (Å²) in [6.07, 6.45) is -3.27. The van der Waals surface area contributed by atoms with E-state index in [-0.39, 0.29) is 34.9 Å². The predicted molar refractivity (Wildman–Crippen MR) is 148 cm³/mol. The van der Waals surface area contributed by atoms with Crippen LogP contribution in [-0.4, -0.2) is 101 Å². The van der Waals surface area contributed by atoms with E-state index in [4.69, 9.17) is 31.5 Å². The summed E-state index contributed by atoms with van der Waals surface area (Å²) < 4.78 is 16.8. The Hall–Kier alpha value is -1.64. The van der Waals surface area contributed by atoms with Gasteiger partial charge in [0.25, 0.3) is 0 Å². The number of aliphatic hydroxyl groups is 3. The van der Waals surface area contributed by atoms with Gasteiger partial charge in [0, 0.05) is 18.6 Å². The van der Waals surface area contributed by atoms with Crippen LogP contribution in [0.25, 0.3) is 0 Å².